The molecular formula is C25H23N3O4. The van der Waals surface area contributed by atoms with Gasteiger partial charge in [-0.1, -0.05) is 32.9 Å². The third-order valence-electron chi connectivity index (χ3n) is 5.18. The Balaban J connectivity index is 1.64. The number of oxazole rings is 1. The van der Waals surface area contributed by atoms with E-state index >= 15 is 0 Å². The number of aromatic nitrogens is 1. The molecule has 1 N–H and O–H groups in total. The second kappa shape index (κ2) is 7.92. The van der Waals surface area contributed by atoms with Crippen molar-refractivity contribution in [1.29, 1.82) is 0 Å². The largest absolute Gasteiger partial charge is 0.502 e. The number of benzene rings is 3. The third kappa shape index (κ3) is 4.23. The van der Waals surface area contributed by atoms with Crippen molar-refractivity contribution in [2.45, 2.75) is 33.1 Å². The Morgan fingerprint density at radius 2 is 1.81 bits per heavy atom. The molecule has 0 atom stereocenters. The highest BCUT2D eigenvalue weighted by atomic mass is 16.6. The minimum Gasteiger partial charge on any atom is -0.502 e. The SMILES string of the molecule is Cc1cc(C=Nc2ccc3oc(-c4ccc(C(C)(C)C)cc4)nc3c2)c(O)c([N+](=O)[O-])c1. The molecule has 1 heterocycles. The molecule has 0 amide bonds. The summed E-state index contributed by atoms with van der Waals surface area (Å²) >= 11 is 0. The number of nitro groups is 1. The van der Waals surface area contributed by atoms with E-state index in [1.165, 1.54) is 17.8 Å². The van der Waals surface area contributed by atoms with E-state index in [2.05, 4.69) is 42.9 Å². The number of nitrogens with zero attached hydrogens (tertiary/aromatic N) is 3. The molecule has 0 spiro atoms. The summed E-state index contributed by atoms with van der Waals surface area (Å²) in [4.78, 5) is 19.4. The van der Waals surface area contributed by atoms with E-state index in [4.69, 9.17) is 4.42 Å². The van der Waals surface area contributed by atoms with Crippen LogP contribution in [0.3, 0.4) is 0 Å². The van der Waals surface area contributed by atoms with E-state index in [1.807, 2.05) is 12.1 Å². The number of aromatic hydroxyl groups is 1. The molecular weight excluding hydrogens is 406 g/mol. The zero-order valence-electron chi connectivity index (χ0n) is 18.3. The van der Waals surface area contributed by atoms with Crippen LogP contribution in [0.5, 0.6) is 5.75 Å². The lowest BCUT2D eigenvalue weighted by Gasteiger charge is -2.18. The van der Waals surface area contributed by atoms with Gasteiger partial charge in [0, 0.05) is 23.4 Å². The second-order valence-corrected chi connectivity index (χ2v) is 8.74. The maximum Gasteiger partial charge on any atom is 0.311 e. The predicted molar refractivity (Wildman–Crippen MR) is 125 cm³/mol. The van der Waals surface area contributed by atoms with E-state index in [9.17, 15) is 15.2 Å². The Kier molecular flexibility index (Phi) is 5.26. The fraction of sp³-hybridized carbons (Fsp3) is 0.200. The van der Waals surface area contributed by atoms with Gasteiger partial charge in [-0.25, -0.2) is 4.98 Å². The number of hydrogen-bond acceptors (Lipinski definition) is 6. The molecule has 0 saturated carbocycles. The molecule has 0 radical (unpaired) electrons. The first-order valence-electron chi connectivity index (χ1n) is 10.2. The Hall–Kier alpha value is -4.00. The minimum atomic E-state index is -0.614. The second-order valence-electron chi connectivity index (χ2n) is 8.74. The number of rotatable bonds is 4. The lowest BCUT2D eigenvalue weighted by Crippen LogP contribution is -2.10. The van der Waals surface area contributed by atoms with Crippen LogP contribution in [0.1, 0.15) is 37.5 Å². The lowest BCUT2D eigenvalue weighted by atomic mass is 9.87. The first kappa shape index (κ1) is 21.2. The van der Waals surface area contributed by atoms with E-state index in [0.29, 0.717) is 28.2 Å². The summed E-state index contributed by atoms with van der Waals surface area (Å²) in [5.74, 6) is 0.112. The number of phenolic OH excluding ortho intramolecular Hbond substituents is 1. The monoisotopic (exact) mass is 429 g/mol. The van der Waals surface area contributed by atoms with Crippen LogP contribution in [0, 0.1) is 17.0 Å². The van der Waals surface area contributed by atoms with Crippen molar-refractivity contribution in [3.05, 3.63) is 81.4 Å². The van der Waals surface area contributed by atoms with Crippen LogP contribution in [-0.4, -0.2) is 21.2 Å². The standard InChI is InChI=1S/C25H23N3O4/c1-15-11-17(23(29)21(12-15)28(30)31)14-26-19-9-10-22-20(13-19)27-24(32-22)16-5-7-18(8-6-16)25(2,3)4/h5-14,29H,1-4H3. The summed E-state index contributed by atoms with van der Waals surface area (Å²) in [5.41, 5.74) is 4.64. The van der Waals surface area contributed by atoms with Crippen molar-refractivity contribution in [3.8, 4) is 17.2 Å². The maximum absolute atomic E-state index is 11.1. The molecule has 162 valence electrons. The maximum atomic E-state index is 11.1. The van der Waals surface area contributed by atoms with Crippen LogP contribution in [0.2, 0.25) is 0 Å². The van der Waals surface area contributed by atoms with E-state index in [0.717, 1.165) is 5.56 Å². The highest BCUT2D eigenvalue weighted by Crippen LogP contribution is 2.32. The average molecular weight is 429 g/mol. The van der Waals surface area contributed by atoms with Crippen LogP contribution in [0.15, 0.2) is 64.0 Å². The number of hydrogen-bond donors (Lipinski definition) is 1. The van der Waals surface area contributed by atoms with Crippen LogP contribution in [-0.2, 0) is 5.41 Å². The third-order valence-corrected chi connectivity index (χ3v) is 5.18. The molecule has 1 aromatic heterocycles. The topological polar surface area (TPSA) is 102 Å². The van der Waals surface area contributed by atoms with E-state index in [1.54, 1.807) is 31.2 Å². The molecule has 4 aromatic rings. The summed E-state index contributed by atoms with van der Waals surface area (Å²) in [7, 11) is 0. The molecule has 0 unspecified atom stereocenters. The average Bonchev–Trinajstić information content (AvgIpc) is 3.17. The van der Waals surface area contributed by atoms with Crippen molar-refractivity contribution in [3.63, 3.8) is 0 Å². The molecule has 7 heteroatoms. The van der Waals surface area contributed by atoms with Gasteiger partial charge in [0.2, 0.25) is 11.6 Å². The smallest absolute Gasteiger partial charge is 0.311 e. The van der Waals surface area contributed by atoms with Gasteiger partial charge in [0.1, 0.15) is 5.52 Å². The van der Waals surface area contributed by atoms with Crippen molar-refractivity contribution in [2.24, 2.45) is 4.99 Å². The first-order valence-corrected chi connectivity index (χ1v) is 10.2. The van der Waals surface area contributed by atoms with Crippen molar-refractivity contribution in [2.75, 3.05) is 0 Å². The molecule has 32 heavy (non-hydrogen) atoms. The highest BCUT2D eigenvalue weighted by Gasteiger charge is 2.17. The van der Waals surface area contributed by atoms with Gasteiger partial charge in [0.15, 0.2) is 5.58 Å². The van der Waals surface area contributed by atoms with Gasteiger partial charge in [0.25, 0.3) is 0 Å². The first-order chi connectivity index (χ1) is 15.1. The molecule has 3 aromatic carbocycles. The molecule has 0 aliphatic carbocycles. The predicted octanol–water partition coefficient (Wildman–Crippen LogP) is 6.47. The Labute approximate surface area is 185 Å². The molecule has 0 aliphatic heterocycles. The fourth-order valence-electron chi connectivity index (χ4n) is 3.40. The van der Waals surface area contributed by atoms with Crippen LogP contribution < -0.4 is 0 Å². The number of nitro benzene ring substituents is 1. The molecule has 0 bridgehead atoms. The zero-order chi connectivity index (χ0) is 23.0. The van der Waals surface area contributed by atoms with E-state index < -0.39 is 10.7 Å². The fourth-order valence-corrected chi connectivity index (χ4v) is 3.40. The van der Waals surface area contributed by atoms with Crippen molar-refractivity contribution in [1.82, 2.24) is 4.98 Å². The number of aryl methyl sites for hydroxylation is 1. The summed E-state index contributed by atoms with van der Waals surface area (Å²) < 4.78 is 5.90. The van der Waals surface area contributed by atoms with Gasteiger partial charge >= 0.3 is 5.69 Å². The molecule has 7 nitrogen and oxygen atoms in total. The highest BCUT2D eigenvalue weighted by molar-refractivity contribution is 5.89. The zero-order valence-corrected chi connectivity index (χ0v) is 18.3. The van der Waals surface area contributed by atoms with Gasteiger partial charge in [-0.3, -0.25) is 15.1 Å². The van der Waals surface area contributed by atoms with Gasteiger partial charge < -0.3 is 9.52 Å². The van der Waals surface area contributed by atoms with Gasteiger partial charge in [-0.2, -0.15) is 0 Å². The molecule has 0 fully saturated rings. The summed E-state index contributed by atoms with van der Waals surface area (Å²) in [6, 6.07) is 16.4. The Morgan fingerprint density at radius 1 is 1.09 bits per heavy atom. The van der Waals surface area contributed by atoms with Gasteiger partial charge in [-0.15, -0.1) is 0 Å². The lowest BCUT2D eigenvalue weighted by molar-refractivity contribution is -0.385. The Morgan fingerprint density at radius 3 is 2.47 bits per heavy atom. The van der Waals surface area contributed by atoms with Gasteiger partial charge in [-0.05, 0) is 59.9 Å². The van der Waals surface area contributed by atoms with Crippen LogP contribution >= 0.6 is 0 Å². The van der Waals surface area contributed by atoms with Gasteiger partial charge in [0.05, 0.1) is 10.6 Å². The molecule has 0 saturated heterocycles. The quantitative estimate of drug-likeness (QED) is 0.228. The number of fused-ring (bicyclic) bond motifs is 1. The van der Waals surface area contributed by atoms with Crippen LogP contribution in [0.4, 0.5) is 11.4 Å². The summed E-state index contributed by atoms with van der Waals surface area (Å²) in [6.07, 6.45) is 1.41. The minimum absolute atomic E-state index is 0.0684. The molecule has 0 aliphatic rings. The normalized spacial score (nSPS) is 12.0. The molecule has 4 rings (SSSR count). The Bertz CT molecular complexity index is 1350. The number of aliphatic imine (C=N–C) groups is 1. The summed E-state index contributed by atoms with van der Waals surface area (Å²) in [6.45, 7) is 8.22. The van der Waals surface area contributed by atoms with Crippen molar-refractivity contribution < 1.29 is 14.4 Å². The van der Waals surface area contributed by atoms with E-state index in [-0.39, 0.29) is 16.7 Å². The summed E-state index contributed by atoms with van der Waals surface area (Å²) in [5, 5.41) is 21.3. The van der Waals surface area contributed by atoms with Crippen LogP contribution in [0.25, 0.3) is 22.6 Å². The number of phenols is 1. The van der Waals surface area contributed by atoms with Crippen molar-refractivity contribution >= 4 is 28.7 Å².